The average molecular weight is 278 g/mol. The molecule has 19 heavy (non-hydrogen) atoms. The summed E-state index contributed by atoms with van der Waals surface area (Å²) >= 11 is 6.16. The Balaban J connectivity index is 1.70. The largest absolute Gasteiger partial charge is 0.486 e. The summed E-state index contributed by atoms with van der Waals surface area (Å²) in [6.07, 6.45) is 6.18. The van der Waals surface area contributed by atoms with Crippen molar-refractivity contribution in [2.75, 3.05) is 0 Å². The van der Waals surface area contributed by atoms with Gasteiger partial charge in [0.2, 0.25) is 0 Å². The molecule has 0 unspecified atom stereocenters. The highest BCUT2D eigenvalue weighted by molar-refractivity contribution is 6.32. The Hall–Kier alpha value is -1.52. The van der Waals surface area contributed by atoms with Crippen LogP contribution in [0.3, 0.4) is 0 Å². The summed E-state index contributed by atoms with van der Waals surface area (Å²) < 4.78 is 7.95. The van der Waals surface area contributed by atoms with Crippen LogP contribution in [-0.2, 0) is 13.2 Å². The molecule has 0 saturated heterocycles. The van der Waals surface area contributed by atoms with E-state index in [1.807, 2.05) is 30.7 Å². The van der Waals surface area contributed by atoms with Gasteiger partial charge in [0.25, 0.3) is 0 Å². The second kappa shape index (κ2) is 5.23. The van der Waals surface area contributed by atoms with E-state index < -0.39 is 0 Å². The minimum atomic E-state index is 0.481. The topological polar surface area (TPSA) is 53.1 Å². The predicted molar refractivity (Wildman–Crippen MR) is 74.2 cm³/mol. The molecular weight excluding hydrogens is 262 g/mol. The van der Waals surface area contributed by atoms with Gasteiger partial charge in [0, 0.05) is 12.6 Å². The maximum atomic E-state index is 6.16. The Morgan fingerprint density at radius 3 is 2.95 bits per heavy atom. The van der Waals surface area contributed by atoms with Crippen LogP contribution in [0.5, 0.6) is 5.75 Å². The van der Waals surface area contributed by atoms with Crippen molar-refractivity contribution < 1.29 is 4.74 Å². The van der Waals surface area contributed by atoms with Gasteiger partial charge in [-0.2, -0.15) is 0 Å². The van der Waals surface area contributed by atoms with E-state index in [1.165, 1.54) is 12.8 Å². The monoisotopic (exact) mass is 277 g/mol. The van der Waals surface area contributed by atoms with Crippen LogP contribution in [-0.4, -0.2) is 9.55 Å². The minimum absolute atomic E-state index is 0.481. The highest BCUT2D eigenvalue weighted by Crippen LogP contribution is 2.36. The molecule has 1 aromatic heterocycles. The van der Waals surface area contributed by atoms with Crippen LogP contribution in [0.15, 0.2) is 30.7 Å². The van der Waals surface area contributed by atoms with E-state index in [4.69, 9.17) is 22.1 Å². The molecule has 2 aromatic rings. The van der Waals surface area contributed by atoms with E-state index in [0.29, 0.717) is 30.0 Å². The number of ether oxygens (including phenoxy) is 1. The first-order chi connectivity index (χ1) is 9.28. The molecule has 3 rings (SSSR count). The quantitative estimate of drug-likeness (QED) is 0.914. The molecule has 0 amide bonds. The smallest absolute Gasteiger partial charge is 0.138 e. The van der Waals surface area contributed by atoms with Gasteiger partial charge in [0.05, 0.1) is 23.2 Å². The first-order valence-corrected chi connectivity index (χ1v) is 6.77. The molecule has 0 radical (unpaired) electrons. The van der Waals surface area contributed by atoms with Crippen molar-refractivity contribution in [1.29, 1.82) is 0 Å². The number of hydrogen-bond donors (Lipinski definition) is 1. The molecule has 4 nitrogen and oxygen atoms in total. The summed E-state index contributed by atoms with van der Waals surface area (Å²) in [5.74, 6) is 0.683. The first kappa shape index (κ1) is 12.5. The number of hydrogen-bond acceptors (Lipinski definition) is 3. The third-order valence-corrected chi connectivity index (χ3v) is 3.59. The average Bonchev–Trinajstić information content (AvgIpc) is 3.16. The van der Waals surface area contributed by atoms with Crippen LogP contribution in [0.4, 0.5) is 0 Å². The number of nitrogens with two attached hydrogens (primary N) is 1. The number of rotatable bonds is 5. The van der Waals surface area contributed by atoms with Crippen molar-refractivity contribution >= 4 is 11.6 Å². The number of halogens is 1. The minimum Gasteiger partial charge on any atom is -0.486 e. The molecule has 1 heterocycles. The second-order valence-electron chi connectivity index (χ2n) is 4.78. The van der Waals surface area contributed by atoms with Gasteiger partial charge in [-0.25, -0.2) is 4.98 Å². The van der Waals surface area contributed by atoms with E-state index >= 15 is 0 Å². The summed E-state index contributed by atoms with van der Waals surface area (Å²) in [7, 11) is 0. The highest BCUT2D eigenvalue weighted by atomic mass is 35.5. The zero-order valence-corrected chi connectivity index (χ0v) is 11.3. The predicted octanol–water partition coefficient (Wildman–Crippen LogP) is 2.91. The molecule has 0 aliphatic heterocycles. The molecule has 0 spiro atoms. The van der Waals surface area contributed by atoms with E-state index in [2.05, 4.69) is 9.55 Å². The molecule has 0 bridgehead atoms. The van der Waals surface area contributed by atoms with Crippen LogP contribution in [0.1, 0.15) is 30.1 Å². The van der Waals surface area contributed by atoms with E-state index in [0.717, 1.165) is 11.3 Å². The molecule has 1 aliphatic rings. The summed E-state index contributed by atoms with van der Waals surface area (Å²) in [5.41, 5.74) is 7.65. The Kier molecular flexibility index (Phi) is 3.44. The Bertz CT molecular complexity index is 578. The normalized spacial score (nSPS) is 14.6. The van der Waals surface area contributed by atoms with Crippen LogP contribution >= 0.6 is 11.6 Å². The van der Waals surface area contributed by atoms with E-state index in [9.17, 15) is 0 Å². The lowest BCUT2D eigenvalue weighted by atomic mass is 10.2. The zero-order chi connectivity index (χ0) is 13.2. The van der Waals surface area contributed by atoms with Crippen molar-refractivity contribution in [2.45, 2.75) is 32.0 Å². The number of nitrogens with zero attached hydrogens (tertiary/aromatic N) is 2. The van der Waals surface area contributed by atoms with Gasteiger partial charge in [-0.05, 0) is 30.5 Å². The maximum absolute atomic E-state index is 6.16. The fourth-order valence-electron chi connectivity index (χ4n) is 2.07. The number of benzene rings is 1. The molecule has 1 aromatic carbocycles. The van der Waals surface area contributed by atoms with Crippen LogP contribution in [0.2, 0.25) is 5.02 Å². The van der Waals surface area contributed by atoms with Gasteiger partial charge in [-0.3, -0.25) is 0 Å². The van der Waals surface area contributed by atoms with Gasteiger partial charge in [-0.1, -0.05) is 17.7 Å². The molecular formula is C14H16ClN3O. The Labute approximate surface area is 117 Å². The van der Waals surface area contributed by atoms with Gasteiger partial charge in [-0.15, -0.1) is 0 Å². The molecule has 1 saturated carbocycles. The molecule has 5 heteroatoms. The van der Waals surface area contributed by atoms with E-state index in [-0.39, 0.29) is 0 Å². The van der Waals surface area contributed by atoms with Crippen LogP contribution in [0, 0.1) is 0 Å². The van der Waals surface area contributed by atoms with Crippen molar-refractivity contribution in [3.63, 3.8) is 0 Å². The third kappa shape index (κ3) is 2.74. The highest BCUT2D eigenvalue weighted by Gasteiger charge is 2.25. The molecule has 1 aliphatic carbocycles. The van der Waals surface area contributed by atoms with Crippen molar-refractivity contribution in [3.05, 3.63) is 47.0 Å². The lowest BCUT2D eigenvalue weighted by Crippen LogP contribution is -2.04. The molecule has 0 atom stereocenters. The van der Waals surface area contributed by atoms with Crippen LogP contribution < -0.4 is 10.5 Å². The van der Waals surface area contributed by atoms with Gasteiger partial charge in [0.15, 0.2) is 0 Å². The molecule has 1 fully saturated rings. The Morgan fingerprint density at radius 1 is 1.42 bits per heavy atom. The van der Waals surface area contributed by atoms with Gasteiger partial charge < -0.3 is 15.0 Å². The number of imidazole rings is 1. The first-order valence-electron chi connectivity index (χ1n) is 6.40. The van der Waals surface area contributed by atoms with Crippen LogP contribution in [0.25, 0.3) is 0 Å². The molecule has 100 valence electrons. The third-order valence-electron chi connectivity index (χ3n) is 3.29. The lowest BCUT2D eigenvalue weighted by Gasteiger charge is -2.10. The van der Waals surface area contributed by atoms with Gasteiger partial charge >= 0.3 is 0 Å². The van der Waals surface area contributed by atoms with Crippen molar-refractivity contribution in [1.82, 2.24) is 9.55 Å². The fraction of sp³-hybridized carbons (Fsp3) is 0.357. The Morgan fingerprint density at radius 2 is 2.26 bits per heavy atom. The van der Waals surface area contributed by atoms with E-state index in [1.54, 1.807) is 0 Å². The summed E-state index contributed by atoms with van der Waals surface area (Å²) in [6.45, 7) is 0.965. The summed E-state index contributed by atoms with van der Waals surface area (Å²) in [4.78, 5) is 4.18. The zero-order valence-electron chi connectivity index (χ0n) is 10.6. The SMILES string of the molecule is NCc1ccc(OCc2cncn2C2CC2)c(Cl)c1. The van der Waals surface area contributed by atoms with Crippen molar-refractivity contribution in [2.24, 2.45) is 5.73 Å². The lowest BCUT2D eigenvalue weighted by molar-refractivity contribution is 0.295. The van der Waals surface area contributed by atoms with Crippen molar-refractivity contribution in [3.8, 4) is 5.75 Å². The second-order valence-corrected chi connectivity index (χ2v) is 5.19. The fourth-order valence-corrected chi connectivity index (χ4v) is 2.32. The standard InChI is InChI=1S/C14H16ClN3O/c15-13-5-10(6-16)1-4-14(13)19-8-12-7-17-9-18(12)11-2-3-11/h1,4-5,7,9,11H,2-3,6,8,16H2. The summed E-state index contributed by atoms with van der Waals surface area (Å²) in [5, 5.41) is 0.598. The van der Waals surface area contributed by atoms with Gasteiger partial charge in [0.1, 0.15) is 12.4 Å². The number of aromatic nitrogens is 2. The molecule has 2 N–H and O–H groups in total. The summed E-state index contributed by atoms with van der Waals surface area (Å²) in [6, 6.07) is 6.24. The maximum Gasteiger partial charge on any atom is 0.138 e.